The van der Waals surface area contributed by atoms with Gasteiger partial charge in [-0.05, 0) is 67.5 Å². The maximum Gasteiger partial charge on any atom is 0.309 e. The molecule has 5 unspecified atom stereocenters. The first-order valence-electron chi connectivity index (χ1n) is 12.6. The molecule has 2 aromatic heterocycles. The van der Waals surface area contributed by atoms with Crippen LogP contribution in [0.1, 0.15) is 69.9 Å². The van der Waals surface area contributed by atoms with Gasteiger partial charge in [0.15, 0.2) is 0 Å². The van der Waals surface area contributed by atoms with E-state index in [0.29, 0.717) is 19.4 Å². The molecule has 3 heterocycles. The lowest BCUT2D eigenvalue weighted by Gasteiger charge is -2.31. The fourth-order valence-corrected chi connectivity index (χ4v) is 5.10. The van der Waals surface area contributed by atoms with Gasteiger partial charge in [0.25, 0.3) is 0 Å². The van der Waals surface area contributed by atoms with Crippen LogP contribution in [0.25, 0.3) is 16.1 Å². The molecule has 35 heavy (non-hydrogen) atoms. The fourth-order valence-electron chi connectivity index (χ4n) is 5.10. The topological polar surface area (TPSA) is 122 Å². The first kappa shape index (κ1) is 27.0. The zero-order valence-electron chi connectivity index (χ0n) is 21.7. The molecule has 1 fully saturated rings. The summed E-state index contributed by atoms with van der Waals surface area (Å²) in [6, 6.07) is 1.46. The molecule has 192 valence electrons. The molecule has 9 nitrogen and oxygen atoms in total. The molecule has 1 N–H and O–H groups in total. The van der Waals surface area contributed by atoms with Crippen LogP contribution in [0.3, 0.4) is 0 Å². The molecule has 0 spiro atoms. The van der Waals surface area contributed by atoms with Gasteiger partial charge in [0, 0.05) is 42.3 Å². The number of aliphatic hydroxyl groups is 1. The SMILES string of the molecule is COCCCc1cnc2cc(C)c(C(O)C(CC(N=[N+]=[N-])C3CC(C(C)C)C(=O)O3)C(C)C)cn12. The summed E-state index contributed by atoms with van der Waals surface area (Å²) >= 11 is 0. The number of esters is 1. The Labute approximate surface area is 207 Å². The smallest absolute Gasteiger partial charge is 0.309 e. The molecule has 9 heteroatoms. The number of nitrogens with zero attached hydrogens (tertiary/aromatic N) is 5. The van der Waals surface area contributed by atoms with Gasteiger partial charge in [-0.1, -0.05) is 32.8 Å². The monoisotopic (exact) mass is 485 g/mol. The average Bonchev–Trinajstić information content (AvgIpc) is 3.38. The first-order valence-corrected chi connectivity index (χ1v) is 12.6. The van der Waals surface area contributed by atoms with Crippen molar-refractivity contribution in [3.63, 3.8) is 0 Å². The molecular formula is C26H39N5O4. The molecule has 1 aliphatic heterocycles. The summed E-state index contributed by atoms with van der Waals surface area (Å²) in [6.45, 7) is 10.8. The minimum atomic E-state index is -0.775. The number of rotatable bonds is 12. The quantitative estimate of drug-likeness (QED) is 0.146. The van der Waals surface area contributed by atoms with Gasteiger partial charge >= 0.3 is 5.97 Å². The summed E-state index contributed by atoms with van der Waals surface area (Å²) < 4.78 is 12.9. The van der Waals surface area contributed by atoms with Crippen molar-refractivity contribution in [3.05, 3.63) is 45.7 Å². The van der Waals surface area contributed by atoms with Gasteiger partial charge in [-0.2, -0.15) is 0 Å². The van der Waals surface area contributed by atoms with Crippen molar-refractivity contribution >= 4 is 11.6 Å². The Morgan fingerprint density at radius 2 is 2.11 bits per heavy atom. The number of aliphatic hydroxyl groups excluding tert-OH is 1. The van der Waals surface area contributed by atoms with Crippen LogP contribution in [0, 0.1) is 30.6 Å². The van der Waals surface area contributed by atoms with Crippen molar-refractivity contribution in [2.45, 2.75) is 78.6 Å². The minimum absolute atomic E-state index is 0.110. The van der Waals surface area contributed by atoms with Crippen LogP contribution in [0.15, 0.2) is 23.6 Å². The number of ether oxygens (including phenoxy) is 2. The molecular weight excluding hydrogens is 446 g/mol. The standard InChI is InChI=1S/C26H39N5O4/c1-15(2)19(11-22(29-30-27)23-12-20(16(3)4)26(33)35-23)25(32)21-14-31-18(8-7-9-34-6)13-28-24(31)10-17(21)5/h10,13-16,19-20,22-23,25,32H,7-9,11-12H2,1-6H3. The van der Waals surface area contributed by atoms with Gasteiger partial charge in [-0.15, -0.1) is 0 Å². The van der Waals surface area contributed by atoms with Crippen LogP contribution < -0.4 is 0 Å². The number of methoxy groups -OCH3 is 1. The van der Waals surface area contributed by atoms with Gasteiger partial charge in [-0.25, -0.2) is 4.98 Å². The second kappa shape index (κ2) is 11.9. The third kappa shape index (κ3) is 6.15. The molecule has 2 aromatic rings. The number of aryl methyl sites for hydroxylation is 2. The van der Waals surface area contributed by atoms with Crippen LogP contribution in [-0.4, -0.2) is 46.3 Å². The van der Waals surface area contributed by atoms with E-state index >= 15 is 0 Å². The lowest BCUT2D eigenvalue weighted by molar-refractivity contribution is -0.146. The van der Waals surface area contributed by atoms with Gasteiger partial charge in [0.2, 0.25) is 0 Å². The Balaban J connectivity index is 1.87. The molecule has 0 radical (unpaired) electrons. The molecule has 0 aromatic carbocycles. The summed E-state index contributed by atoms with van der Waals surface area (Å²) in [5.41, 5.74) is 12.9. The number of hydrogen-bond donors (Lipinski definition) is 1. The Kier molecular flexibility index (Phi) is 9.16. The Hall–Kier alpha value is -2.61. The summed E-state index contributed by atoms with van der Waals surface area (Å²) in [5.74, 6) is -0.348. The minimum Gasteiger partial charge on any atom is -0.462 e. The van der Waals surface area contributed by atoms with E-state index in [1.54, 1.807) is 7.11 Å². The summed E-state index contributed by atoms with van der Waals surface area (Å²) in [7, 11) is 1.69. The van der Waals surface area contributed by atoms with Gasteiger partial charge < -0.3 is 19.0 Å². The van der Waals surface area contributed by atoms with Crippen LogP contribution in [0.2, 0.25) is 0 Å². The number of imidazole rings is 1. The highest BCUT2D eigenvalue weighted by atomic mass is 16.6. The van der Waals surface area contributed by atoms with E-state index in [-0.39, 0.29) is 29.6 Å². The fraction of sp³-hybridized carbons (Fsp3) is 0.692. The molecule has 0 aliphatic carbocycles. The van der Waals surface area contributed by atoms with Gasteiger partial charge in [-0.3, -0.25) is 4.79 Å². The Bertz CT molecular complexity index is 1060. The number of carbonyl (C=O) groups excluding carboxylic acids is 1. The van der Waals surface area contributed by atoms with Crippen LogP contribution >= 0.6 is 0 Å². The molecule has 3 rings (SSSR count). The lowest BCUT2D eigenvalue weighted by Crippen LogP contribution is -2.31. The first-order chi connectivity index (χ1) is 16.7. The van der Waals surface area contributed by atoms with Crippen molar-refractivity contribution < 1.29 is 19.4 Å². The second-order valence-corrected chi connectivity index (χ2v) is 10.4. The number of cyclic esters (lactones) is 1. The van der Waals surface area contributed by atoms with Gasteiger partial charge in [0.1, 0.15) is 11.8 Å². The number of fused-ring (bicyclic) bond motifs is 1. The predicted octanol–water partition coefficient (Wildman–Crippen LogP) is 5.18. The number of azide groups is 1. The maximum absolute atomic E-state index is 12.4. The Morgan fingerprint density at radius 1 is 1.37 bits per heavy atom. The largest absolute Gasteiger partial charge is 0.462 e. The van der Waals surface area contributed by atoms with E-state index in [2.05, 4.69) is 28.9 Å². The maximum atomic E-state index is 12.4. The van der Waals surface area contributed by atoms with E-state index in [9.17, 15) is 15.4 Å². The lowest BCUT2D eigenvalue weighted by atomic mass is 9.79. The van der Waals surface area contributed by atoms with Crippen molar-refractivity contribution in [3.8, 4) is 0 Å². The average molecular weight is 486 g/mol. The molecule has 1 aliphatic rings. The highest BCUT2D eigenvalue weighted by Crippen LogP contribution is 2.38. The van der Waals surface area contributed by atoms with Crippen LogP contribution in [0.4, 0.5) is 0 Å². The zero-order chi connectivity index (χ0) is 25.7. The molecule has 1 saturated heterocycles. The van der Waals surface area contributed by atoms with E-state index < -0.39 is 18.2 Å². The van der Waals surface area contributed by atoms with Crippen molar-refractivity contribution in [1.82, 2.24) is 9.38 Å². The molecule has 0 amide bonds. The van der Waals surface area contributed by atoms with Gasteiger partial charge in [0.05, 0.1) is 18.1 Å². The van der Waals surface area contributed by atoms with E-state index in [0.717, 1.165) is 35.3 Å². The summed E-state index contributed by atoms with van der Waals surface area (Å²) in [6.07, 6.45) is 5.27. The predicted molar refractivity (Wildman–Crippen MR) is 134 cm³/mol. The number of aromatic nitrogens is 2. The number of hydrogen-bond acceptors (Lipinski definition) is 6. The summed E-state index contributed by atoms with van der Waals surface area (Å²) in [5, 5.41) is 15.6. The number of carbonyl (C=O) groups is 1. The number of pyridine rings is 1. The zero-order valence-corrected chi connectivity index (χ0v) is 21.7. The van der Waals surface area contributed by atoms with E-state index in [1.807, 2.05) is 43.6 Å². The highest BCUT2D eigenvalue weighted by molar-refractivity contribution is 5.75. The van der Waals surface area contributed by atoms with Crippen molar-refractivity contribution in [2.75, 3.05) is 13.7 Å². The van der Waals surface area contributed by atoms with Crippen LogP contribution in [0.5, 0.6) is 0 Å². The van der Waals surface area contributed by atoms with E-state index in [1.165, 1.54) is 0 Å². The summed E-state index contributed by atoms with van der Waals surface area (Å²) in [4.78, 5) is 19.9. The molecule has 0 bridgehead atoms. The Morgan fingerprint density at radius 3 is 2.71 bits per heavy atom. The van der Waals surface area contributed by atoms with Crippen LogP contribution in [-0.2, 0) is 20.7 Å². The molecule has 5 atom stereocenters. The second-order valence-electron chi connectivity index (χ2n) is 10.4. The molecule has 0 saturated carbocycles. The third-order valence-electron chi connectivity index (χ3n) is 7.34. The highest BCUT2D eigenvalue weighted by Gasteiger charge is 2.41. The van der Waals surface area contributed by atoms with E-state index in [4.69, 9.17) is 9.47 Å². The van der Waals surface area contributed by atoms with Crippen molar-refractivity contribution in [1.29, 1.82) is 0 Å². The van der Waals surface area contributed by atoms with Crippen molar-refractivity contribution in [2.24, 2.45) is 28.8 Å². The normalized spacial score (nSPS) is 20.8. The third-order valence-corrected chi connectivity index (χ3v) is 7.34.